The highest BCUT2D eigenvalue weighted by atomic mass is 19.4. The number of fused-ring (bicyclic) bond motifs is 1. The van der Waals surface area contributed by atoms with Gasteiger partial charge >= 0.3 is 6.18 Å². The Balaban J connectivity index is 1.25. The van der Waals surface area contributed by atoms with Gasteiger partial charge in [-0.1, -0.05) is 6.07 Å². The highest BCUT2D eigenvalue weighted by molar-refractivity contribution is 6.05. The van der Waals surface area contributed by atoms with Crippen LogP contribution in [0.25, 0.3) is 27.8 Å². The van der Waals surface area contributed by atoms with Gasteiger partial charge in [0.1, 0.15) is 5.82 Å². The van der Waals surface area contributed by atoms with Crippen LogP contribution in [0.5, 0.6) is 0 Å². The van der Waals surface area contributed by atoms with Gasteiger partial charge < -0.3 is 15.2 Å². The monoisotopic (exact) mass is 608 g/mol. The molecule has 0 aliphatic rings. The Hall–Kier alpha value is -5.65. The summed E-state index contributed by atoms with van der Waals surface area (Å²) in [7, 11) is 0. The first-order valence-electron chi connectivity index (χ1n) is 13.9. The molecule has 4 heterocycles. The van der Waals surface area contributed by atoms with Crippen molar-refractivity contribution in [2.24, 2.45) is 0 Å². The molecule has 9 nitrogen and oxygen atoms in total. The summed E-state index contributed by atoms with van der Waals surface area (Å²) >= 11 is 0. The van der Waals surface area contributed by atoms with E-state index in [2.05, 4.69) is 35.6 Å². The number of anilines is 3. The second kappa shape index (κ2) is 11.5. The number of carbonyl (C=O) groups excluding carboxylic acids is 1. The molecule has 2 N–H and O–H groups in total. The van der Waals surface area contributed by atoms with E-state index >= 15 is 0 Å². The number of carbonyl (C=O) groups is 1. The zero-order valence-corrected chi connectivity index (χ0v) is 24.7. The van der Waals surface area contributed by atoms with Crippen molar-refractivity contribution in [2.45, 2.75) is 33.9 Å². The van der Waals surface area contributed by atoms with E-state index in [-0.39, 0.29) is 11.3 Å². The van der Waals surface area contributed by atoms with Crippen molar-refractivity contribution in [3.8, 4) is 16.9 Å². The summed E-state index contributed by atoms with van der Waals surface area (Å²) in [5.74, 6) is 0.137. The van der Waals surface area contributed by atoms with Gasteiger partial charge in [0, 0.05) is 40.3 Å². The summed E-state index contributed by atoms with van der Waals surface area (Å²) < 4.78 is 43.6. The number of aryl methyl sites for hydroxylation is 4. The second-order valence-corrected chi connectivity index (χ2v) is 10.6. The minimum absolute atomic E-state index is 0.101. The molecule has 0 saturated heterocycles. The van der Waals surface area contributed by atoms with Gasteiger partial charge in [0.2, 0.25) is 5.95 Å². The van der Waals surface area contributed by atoms with Crippen molar-refractivity contribution in [1.29, 1.82) is 0 Å². The fourth-order valence-electron chi connectivity index (χ4n) is 4.97. The average molecular weight is 609 g/mol. The predicted octanol–water partition coefficient (Wildman–Crippen LogP) is 7.52. The van der Waals surface area contributed by atoms with Crippen LogP contribution in [0.4, 0.5) is 30.5 Å². The van der Waals surface area contributed by atoms with Crippen molar-refractivity contribution in [3.05, 3.63) is 113 Å². The van der Waals surface area contributed by atoms with Crippen LogP contribution < -0.4 is 10.6 Å². The molecule has 0 spiro atoms. The zero-order valence-electron chi connectivity index (χ0n) is 24.7. The third kappa shape index (κ3) is 6.21. The van der Waals surface area contributed by atoms with E-state index in [1.165, 1.54) is 22.9 Å². The lowest BCUT2D eigenvalue weighted by Gasteiger charge is -2.16. The smallest absolute Gasteiger partial charge is 0.323 e. The van der Waals surface area contributed by atoms with Crippen LogP contribution in [-0.4, -0.2) is 35.4 Å². The predicted molar refractivity (Wildman–Crippen MR) is 166 cm³/mol. The first-order valence-corrected chi connectivity index (χ1v) is 13.9. The van der Waals surface area contributed by atoms with Crippen LogP contribution in [-0.2, 0) is 6.18 Å². The topological polar surface area (TPSA) is 111 Å². The molecule has 0 aliphatic carbocycles. The number of amides is 1. The third-order valence-corrected chi connectivity index (χ3v) is 7.23. The number of aromatic nitrogens is 6. The van der Waals surface area contributed by atoms with Crippen LogP contribution in [0, 0.1) is 27.7 Å². The lowest BCUT2D eigenvalue weighted by molar-refractivity contribution is -0.137. The number of hydrogen-bond acceptors (Lipinski definition) is 7. The molecule has 1 amide bonds. The number of imidazole rings is 1. The average Bonchev–Trinajstić information content (AvgIpc) is 3.35. The fourth-order valence-corrected chi connectivity index (χ4v) is 4.97. The number of benzene rings is 2. The summed E-state index contributed by atoms with van der Waals surface area (Å²) in [4.78, 5) is 35.2. The van der Waals surface area contributed by atoms with Gasteiger partial charge in [-0.2, -0.15) is 13.2 Å². The molecule has 0 radical (unpaired) electrons. The molecule has 0 saturated carbocycles. The first-order chi connectivity index (χ1) is 21.4. The standard InChI is InChI=1S/C33H27F3N8O/c1-18-5-8-24(41-31(45)22-7-10-30(27(11-22)33(34,35)36)44-17-20(3)40-21(44)4)13-26(18)28-12-23-14-39-32(43-29(23)16-38-28)42-25-9-6-19(2)37-15-25/h5-17H,1-4H3,(H,41,45)(H,39,42,43). The number of alkyl halides is 3. The molecule has 226 valence electrons. The van der Waals surface area contributed by atoms with Crippen LogP contribution in [0.2, 0.25) is 0 Å². The number of nitrogens with zero attached hydrogens (tertiary/aromatic N) is 6. The maximum Gasteiger partial charge on any atom is 0.418 e. The highest BCUT2D eigenvalue weighted by Crippen LogP contribution is 2.35. The number of nitrogens with one attached hydrogen (secondary N) is 2. The summed E-state index contributed by atoms with van der Waals surface area (Å²) in [5, 5.41) is 6.61. The highest BCUT2D eigenvalue weighted by Gasteiger charge is 2.35. The van der Waals surface area contributed by atoms with Gasteiger partial charge in [-0.05, 0) is 81.8 Å². The largest absolute Gasteiger partial charge is 0.418 e. The summed E-state index contributed by atoms with van der Waals surface area (Å²) in [6.45, 7) is 7.13. The molecule has 0 unspecified atom stereocenters. The molecule has 0 fully saturated rings. The molecule has 0 atom stereocenters. The lowest BCUT2D eigenvalue weighted by atomic mass is 10.0. The Kier molecular flexibility index (Phi) is 7.49. The third-order valence-electron chi connectivity index (χ3n) is 7.23. The molecule has 4 aromatic heterocycles. The van der Waals surface area contributed by atoms with E-state index in [9.17, 15) is 18.0 Å². The number of hydrogen-bond donors (Lipinski definition) is 2. The molecular formula is C33H27F3N8O. The maximum absolute atomic E-state index is 14.1. The number of rotatable bonds is 6. The Morgan fingerprint density at radius 2 is 1.60 bits per heavy atom. The Morgan fingerprint density at radius 1 is 0.800 bits per heavy atom. The van der Waals surface area contributed by atoms with Gasteiger partial charge in [0.15, 0.2) is 0 Å². The molecule has 6 aromatic rings. The zero-order chi connectivity index (χ0) is 31.9. The van der Waals surface area contributed by atoms with Crippen molar-refractivity contribution >= 4 is 34.1 Å². The molecule has 0 aliphatic heterocycles. The van der Waals surface area contributed by atoms with E-state index in [1.54, 1.807) is 44.6 Å². The van der Waals surface area contributed by atoms with Crippen LogP contribution in [0.1, 0.15) is 38.7 Å². The molecule has 12 heteroatoms. The maximum atomic E-state index is 14.1. The van der Waals surface area contributed by atoms with Crippen molar-refractivity contribution < 1.29 is 18.0 Å². The van der Waals surface area contributed by atoms with E-state index in [0.29, 0.717) is 34.4 Å². The summed E-state index contributed by atoms with van der Waals surface area (Å²) in [6, 6.07) is 14.4. The number of pyridine rings is 2. The van der Waals surface area contributed by atoms with Crippen molar-refractivity contribution in [2.75, 3.05) is 10.6 Å². The molecular weight excluding hydrogens is 581 g/mol. The minimum Gasteiger partial charge on any atom is -0.323 e. The van der Waals surface area contributed by atoms with Gasteiger partial charge in [-0.15, -0.1) is 0 Å². The van der Waals surface area contributed by atoms with Gasteiger partial charge in [-0.3, -0.25) is 14.8 Å². The number of halogens is 3. The van der Waals surface area contributed by atoms with Crippen molar-refractivity contribution in [1.82, 2.24) is 29.5 Å². The minimum atomic E-state index is -4.69. The molecule has 2 aromatic carbocycles. The summed E-state index contributed by atoms with van der Waals surface area (Å²) in [5.41, 5.74) is 4.36. The van der Waals surface area contributed by atoms with Crippen molar-refractivity contribution in [3.63, 3.8) is 0 Å². The van der Waals surface area contributed by atoms with E-state index in [1.807, 2.05) is 38.1 Å². The van der Waals surface area contributed by atoms with Gasteiger partial charge in [0.05, 0.1) is 46.2 Å². The van der Waals surface area contributed by atoms with Gasteiger partial charge in [0.25, 0.3) is 5.91 Å². The first kappa shape index (κ1) is 29.4. The second-order valence-electron chi connectivity index (χ2n) is 10.6. The molecule has 6 rings (SSSR count). The van der Waals surface area contributed by atoms with E-state index < -0.39 is 17.6 Å². The SMILES string of the molecule is Cc1ccc(Nc2ncc3cc(-c4cc(NC(=O)c5ccc(-n6cc(C)nc6C)c(C(F)(F)F)c5)ccc4C)ncc3n2)cn1. The van der Waals surface area contributed by atoms with E-state index in [0.717, 1.165) is 34.0 Å². The lowest BCUT2D eigenvalue weighted by Crippen LogP contribution is -2.16. The Labute approximate surface area is 256 Å². The fraction of sp³-hybridized carbons (Fsp3) is 0.152. The van der Waals surface area contributed by atoms with E-state index in [4.69, 9.17) is 0 Å². The Bertz CT molecular complexity index is 2070. The van der Waals surface area contributed by atoms with Crippen LogP contribution in [0.15, 0.2) is 79.4 Å². The summed E-state index contributed by atoms with van der Waals surface area (Å²) in [6.07, 6.45) is 1.87. The normalized spacial score (nSPS) is 11.5. The molecule has 45 heavy (non-hydrogen) atoms. The van der Waals surface area contributed by atoms with Crippen LogP contribution >= 0.6 is 0 Å². The van der Waals surface area contributed by atoms with Gasteiger partial charge in [-0.25, -0.2) is 15.0 Å². The van der Waals surface area contributed by atoms with Crippen LogP contribution in [0.3, 0.4) is 0 Å². The quantitative estimate of drug-likeness (QED) is 0.201. The molecule has 0 bridgehead atoms. The Morgan fingerprint density at radius 3 is 2.31 bits per heavy atom.